The van der Waals surface area contributed by atoms with Crippen LogP contribution in [0.2, 0.25) is 0 Å². The van der Waals surface area contributed by atoms with E-state index in [1.54, 1.807) is 0 Å². The first-order valence-corrected chi connectivity index (χ1v) is 4.12. The molecular weight excluding hydrogens is 195 g/mol. The van der Waals surface area contributed by atoms with Crippen LogP contribution in [0.25, 0.3) is 0 Å². The van der Waals surface area contributed by atoms with Gasteiger partial charge in [-0.2, -0.15) is 0 Å². The summed E-state index contributed by atoms with van der Waals surface area (Å²) in [5, 5.41) is 0. The normalized spacial score (nSPS) is 12.4. The van der Waals surface area contributed by atoms with Crippen molar-refractivity contribution in [3.8, 4) is 0 Å². The Labute approximate surface area is 82.1 Å². The summed E-state index contributed by atoms with van der Waals surface area (Å²) >= 11 is 9.79. The standard InChI is InChI=1S/CH4O3S4.Li/c2-8(3,4)1(5,6)7;/h5-7H,(H,2,3,4);/q;+1/p-1. The quantitative estimate of drug-likeness (QED) is 0.181. The molecule has 0 aliphatic rings. The molecule has 0 heterocycles. The van der Waals surface area contributed by atoms with E-state index in [9.17, 15) is 13.0 Å². The van der Waals surface area contributed by atoms with Crippen molar-refractivity contribution in [2.75, 3.05) is 0 Å². The van der Waals surface area contributed by atoms with E-state index in [1.807, 2.05) is 0 Å². The van der Waals surface area contributed by atoms with Gasteiger partial charge in [-0.05, 0) is 0 Å². The van der Waals surface area contributed by atoms with Crippen molar-refractivity contribution >= 4 is 48.0 Å². The van der Waals surface area contributed by atoms with Gasteiger partial charge in [0, 0.05) is 0 Å². The van der Waals surface area contributed by atoms with E-state index < -0.39 is 12.9 Å². The molecule has 0 unspecified atom stereocenters. The fourth-order valence-corrected chi connectivity index (χ4v) is 0. The first-order valence-electron chi connectivity index (χ1n) is 1.37. The Hall–Kier alpha value is 1.56. The second kappa shape index (κ2) is 3.81. The van der Waals surface area contributed by atoms with Crippen LogP contribution < -0.4 is 18.9 Å². The fourth-order valence-electron chi connectivity index (χ4n) is 0. The van der Waals surface area contributed by atoms with Crippen molar-refractivity contribution in [3.63, 3.8) is 0 Å². The zero-order valence-corrected chi connectivity index (χ0v) is 7.97. The van der Waals surface area contributed by atoms with E-state index in [0.717, 1.165) is 0 Å². The first-order chi connectivity index (χ1) is 3.25. The molecule has 0 aliphatic carbocycles. The summed E-state index contributed by atoms with van der Waals surface area (Å²) in [5.41, 5.74) is 0. The second-order valence-corrected chi connectivity index (χ2v) is 6.53. The molecule has 0 saturated heterocycles. The molecule has 3 nitrogen and oxygen atoms in total. The van der Waals surface area contributed by atoms with Crippen LogP contribution in [0.15, 0.2) is 0 Å². The second-order valence-electron chi connectivity index (χ2n) is 1.03. The van der Waals surface area contributed by atoms with E-state index in [1.165, 1.54) is 0 Å². The van der Waals surface area contributed by atoms with E-state index in [0.29, 0.717) is 0 Å². The average Bonchev–Trinajstić information content (AvgIpc) is 1.25. The summed E-state index contributed by atoms with van der Waals surface area (Å²) in [4.78, 5) is 0. The Kier molecular flexibility index (Phi) is 5.57. The molecule has 0 aromatic heterocycles. The van der Waals surface area contributed by atoms with Crippen molar-refractivity contribution in [2.24, 2.45) is 0 Å². The summed E-state index contributed by atoms with van der Waals surface area (Å²) in [6, 6.07) is 0. The van der Waals surface area contributed by atoms with Crippen LogP contribution in [-0.4, -0.2) is 15.7 Å². The average molecular weight is 198 g/mol. The van der Waals surface area contributed by atoms with Gasteiger partial charge in [-0.25, -0.2) is 8.42 Å². The van der Waals surface area contributed by atoms with Gasteiger partial charge in [-0.15, -0.1) is 37.9 Å². The summed E-state index contributed by atoms with van der Waals surface area (Å²) < 4.78 is 27.5. The van der Waals surface area contributed by atoms with Gasteiger partial charge in [-0.3, -0.25) is 0 Å². The van der Waals surface area contributed by atoms with Crippen LogP contribution in [0.4, 0.5) is 0 Å². The van der Waals surface area contributed by atoms with Gasteiger partial charge in [0.1, 0.15) is 10.1 Å². The Morgan fingerprint density at radius 1 is 1.22 bits per heavy atom. The molecule has 0 saturated carbocycles. The van der Waals surface area contributed by atoms with E-state index in [-0.39, 0.29) is 18.9 Å². The van der Waals surface area contributed by atoms with Gasteiger partial charge in [-0.1, -0.05) is 0 Å². The molecule has 0 bridgehead atoms. The van der Waals surface area contributed by atoms with Gasteiger partial charge in [0.15, 0.2) is 2.74 Å². The number of thiol groups is 3. The summed E-state index contributed by atoms with van der Waals surface area (Å²) in [5.74, 6) is 0. The molecule has 9 heavy (non-hydrogen) atoms. The first kappa shape index (κ1) is 13.2. The van der Waals surface area contributed by atoms with Crippen molar-refractivity contribution in [3.05, 3.63) is 0 Å². The molecule has 0 aromatic rings. The minimum Gasteiger partial charge on any atom is -0.746 e. The van der Waals surface area contributed by atoms with Crippen molar-refractivity contribution < 1.29 is 31.8 Å². The Morgan fingerprint density at radius 3 is 1.33 bits per heavy atom. The van der Waals surface area contributed by atoms with Crippen LogP contribution in [0.3, 0.4) is 0 Å². The predicted molar refractivity (Wildman–Crippen MR) is 39.4 cm³/mol. The Bertz CT molecular complexity index is 165. The summed E-state index contributed by atoms with van der Waals surface area (Å²) in [6.45, 7) is 0. The van der Waals surface area contributed by atoms with Crippen molar-refractivity contribution in [1.29, 1.82) is 0 Å². The molecule has 0 atom stereocenters. The van der Waals surface area contributed by atoms with Gasteiger partial charge in [0.2, 0.25) is 0 Å². The van der Waals surface area contributed by atoms with Crippen LogP contribution in [0.5, 0.6) is 0 Å². The molecule has 0 radical (unpaired) electrons. The molecule has 0 aromatic carbocycles. The Morgan fingerprint density at radius 2 is 1.33 bits per heavy atom. The molecular formula is CH3LiO3S4. The monoisotopic (exact) mass is 198 g/mol. The third-order valence-electron chi connectivity index (χ3n) is 0.335. The number of hydrogen-bond acceptors (Lipinski definition) is 6. The maximum Gasteiger partial charge on any atom is 1.00 e. The zero-order chi connectivity index (χ0) is 7.00. The molecule has 0 rings (SSSR count). The third kappa shape index (κ3) is 4.90. The number of rotatable bonds is 1. The van der Waals surface area contributed by atoms with E-state index in [2.05, 4.69) is 37.9 Å². The van der Waals surface area contributed by atoms with Gasteiger partial charge in [0.05, 0.1) is 0 Å². The van der Waals surface area contributed by atoms with Crippen molar-refractivity contribution in [1.82, 2.24) is 0 Å². The topological polar surface area (TPSA) is 57.2 Å². The summed E-state index contributed by atoms with van der Waals surface area (Å²) in [6.07, 6.45) is 0. The summed E-state index contributed by atoms with van der Waals surface area (Å²) in [7, 11) is -4.50. The minimum absolute atomic E-state index is 0. The molecule has 0 fully saturated rings. The fraction of sp³-hybridized carbons (Fsp3) is 1.00. The molecule has 50 valence electrons. The number of hydrogen-bond donors (Lipinski definition) is 3. The van der Waals surface area contributed by atoms with Crippen LogP contribution in [0.1, 0.15) is 0 Å². The molecule has 8 heteroatoms. The molecule has 0 amide bonds. The maximum absolute atomic E-state index is 9.87. The largest absolute Gasteiger partial charge is 1.00 e. The van der Waals surface area contributed by atoms with Crippen molar-refractivity contribution in [2.45, 2.75) is 2.74 Å². The third-order valence-corrected chi connectivity index (χ3v) is 3.02. The Balaban J connectivity index is 0. The molecule has 0 aliphatic heterocycles. The van der Waals surface area contributed by atoms with E-state index in [4.69, 9.17) is 0 Å². The van der Waals surface area contributed by atoms with Crippen LogP contribution >= 0.6 is 37.9 Å². The van der Waals surface area contributed by atoms with Crippen LogP contribution in [-0.2, 0) is 10.1 Å². The van der Waals surface area contributed by atoms with Gasteiger partial charge < -0.3 is 4.55 Å². The van der Waals surface area contributed by atoms with E-state index >= 15 is 0 Å². The molecule has 0 N–H and O–H groups in total. The van der Waals surface area contributed by atoms with Gasteiger partial charge >= 0.3 is 18.9 Å². The van der Waals surface area contributed by atoms with Gasteiger partial charge in [0.25, 0.3) is 0 Å². The minimum atomic E-state index is -4.50. The SMILES string of the molecule is O=S(=O)([O-])C(S)(S)S.[Li+]. The van der Waals surface area contributed by atoms with Crippen LogP contribution in [0, 0.1) is 0 Å². The smallest absolute Gasteiger partial charge is 0.746 e. The molecule has 0 spiro atoms. The zero-order valence-electron chi connectivity index (χ0n) is 4.47. The maximum atomic E-state index is 9.87. The predicted octanol–water partition coefficient (Wildman–Crippen LogP) is -3.06.